The Morgan fingerprint density at radius 2 is 1.81 bits per heavy atom. The average Bonchev–Trinajstić information content (AvgIpc) is 2.83. The summed E-state index contributed by atoms with van der Waals surface area (Å²) in [5.74, 6) is 0. The minimum absolute atomic E-state index is 0.846. The fourth-order valence-corrected chi connectivity index (χ4v) is 1.82. The molecule has 0 saturated carbocycles. The third-order valence-corrected chi connectivity index (χ3v) is 2.63. The fraction of sp³-hybridized carbons (Fsp3) is 0.0833. The maximum absolute atomic E-state index is 4.23. The smallest absolute Gasteiger partial charge is 0.119 e. The minimum atomic E-state index is 0.846. The molecule has 0 amide bonds. The zero-order valence-electron chi connectivity index (χ0n) is 8.81. The second-order valence-electron chi connectivity index (χ2n) is 3.65. The molecule has 0 radical (unpaired) electrons. The van der Waals surface area contributed by atoms with E-state index in [0.29, 0.717) is 0 Å². The van der Waals surface area contributed by atoms with Crippen molar-refractivity contribution < 1.29 is 0 Å². The molecule has 2 aromatic heterocycles. The highest BCUT2D eigenvalue weighted by Gasteiger charge is 2.08. The molecule has 0 saturated heterocycles. The summed E-state index contributed by atoms with van der Waals surface area (Å²) in [5.41, 5.74) is 2.68. The van der Waals surface area contributed by atoms with Gasteiger partial charge in [0.05, 0.1) is 11.4 Å². The van der Waals surface area contributed by atoms with Crippen LogP contribution in [0.1, 0.15) is 5.69 Å². The summed E-state index contributed by atoms with van der Waals surface area (Å²) >= 11 is 0. The number of aryl methyl sites for hydroxylation is 1. The van der Waals surface area contributed by atoms with Gasteiger partial charge < -0.3 is 0 Å². The van der Waals surface area contributed by atoms with Crippen LogP contribution >= 0.6 is 0 Å². The highest BCUT2D eigenvalue weighted by atomic mass is 15.1. The number of fused-ring (bicyclic) bond motifs is 1. The van der Waals surface area contributed by atoms with E-state index in [9.17, 15) is 0 Å². The van der Waals surface area contributed by atoms with Gasteiger partial charge in [-0.05, 0) is 13.0 Å². The fourth-order valence-electron chi connectivity index (χ4n) is 1.82. The highest BCUT2D eigenvalue weighted by Crippen LogP contribution is 2.25. The van der Waals surface area contributed by atoms with E-state index in [4.69, 9.17) is 0 Å². The van der Waals surface area contributed by atoms with Gasteiger partial charge in [0.2, 0.25) is 0 Å². The monoisotopic (exact) mass is 210 g/mol. The van der Waals surface area contributed by atoms with Gasteiger partial charge in [-0.25, -0.2) is 0 Å². The summed E-state index contributed by atoms with van der Waals surface area (Å²) < 4.78 is 0. The molecule has 4 heteroatoms. The zero-order valence-corrected chi connectivity index (χ0v) is 8.81. The molecule has 0 aliphatic heterocycles. The van der Waals surface area contributed by atoms with Crippen LogP contribution in [0.2, 0.25) is 0 Å². The van der Waals surface area contributed by atoms with E-state index in [1.54, 1.807) is 6.20 Å². The summed E-state index contributed by atoms with van der Waals surface area (Å²) in [6, 6.07) is 10.0. The van der Waals surface area contributed by atoms with Crippen LogP contribution in [-0.2, 0) is 0 Å². The lowest BCUT2D eigenvalue weighted by molar-refractivity contribution is 0.994. The normalized spacial score (nSPS) is 10.8. The zero-order chi connectivity index (χ0) is 11.0. The molecule has 4 nitrogen and oxygen atoms in total. The van der Waals surface area contributed by atoms with E-state index in [1.165, 1.54) is 0 Å². The van der Waals surface area contributed by atoms with Crippen molar-refractivity contribution in [2.75, 3.05) is 0 Å². The molecule has 0 aliphatic rings. The summed E-state index contributed by atoms with van der Waals surface area (Å²) in [4.78, 5) is 0. The largest absolute Gasteiger partial charge is 0.276 e. The Morgan fingerprint density at radius 1 is 1.00 bits per heavy atom. The molecule has 0 unspecified atom stereocenters. The Morgan fingerprint density at radius 3 is 2.56 bits per heavy atom. The molecule has 1 N–H and O–H groups in total. The van der Waals surface area contributed by atoms with Crippen LogP contribution in [0.5, 0.6) is 0 Å². The van der Waals surface area contributed by atoms with Crippen LogP contribution in [0, 0.1) is 6.92 Å². The van der Waals surface area contributed by atoms with Crippen LogP contribution in [0.25, 0.3) is 22.2 Å². The van der Waals surface area contributed by atoms with Gasteiger partial charge in [-0.2, -0.15) is 10.2 Å². The van der Waals surface area contributed by atoms with Gasteiger partial charge in [0, 0.05) is 17.0 Å². The third-order valence-electron chi connectivity index (χ3n) is 2.63. The number of rotatable bonds is 1. The Bertz CT molecular complexity index is 629. The maximum atomic E-state index is 4.23. The summed E-state index contributed by atoms with van der Waals surface area (Å²) in [7, 11) is 0. The Hall–Kier alpha value is -2.23. The lowest BCUT2D eigenvalue weighted by Crippen LogP contribution is -1.93. The van der Waals surface area contributed by atoms with E-state index in [-0.39, 0.29) is 0 Å². The SMILES string of the molecule is Cc1nnc(-c2ccn[nH]2)c2ccccc12. The van der Waals surface area contributed by atoms with Gasteiger partial charge in [0.1, 0.15) is 5.69 Å². The second-order valence-corrected chi connectivity index (χ2v) is 3.65. The molecule has 3 aromatic rings. The Kier molecular flexibility index (Phi) is 1.93. The molecule has 2 heterocycles. The molecule has 0 fully saturated rings. The first-order chi connectivity index (χ1) is 7.86. The van der Waals surface area contributed by atoms with Gasteiger partial charge in [0.25, 0.3) is 0 Å². The van der Waals surface area contributed by atoms with Crippen molar-refractivity contribution in [3.63, 3.8) is 0 Å². The van der Waals surface area contributed by atoms with E-state index >= 15 is 0 Å². The molecular weight excluding hydrogens is 200 g/mol. The van der Waals surface area contributed by atoms with E-state index in [1.807, 2.05) is 31.2 Å². The van der Waals surface area contributed by atoms with E-state index in [2.05, 4.69) is 26.5 Å². The number of hydrogen-bond donors (Lipinski definition) is 1. The first-order valence-corrected chi connectivity index (χ1v) is 5.08. The van der Waals surface area contributed by atoms with E-state index < -0.39 is 0 Å². The number of H-pyrrole nitrogens is 1. The number of hydrogen-bond acceptors (Lipinski definition) is 3. The van der Waals surface area contributed by atoms with Crippen molar-refractivity contribution in [1.29, 1.82) is 0 Å². The first kappa shape index (κ1) is 9.03. The molecule has 0 spiro atoms. The second kappa shape index (κ2) is 3.41. The first-order valence-electron chi connectivity index (χ1n) is 5.08. The molecule has 1 aromatic carbocycles. The standard InChI is InChI=1S/C12H10N4/c1-8-9-4-2-3-5-10(9)12(16-14-8)11-6-7-13-15-11/h2-7H,1H3,(H,13,15). The van der Waals surface area contributed by atoms with Crippen molar-refractivity contribution in [3.8, 4) is 11.4 Å². The lowest BCUT2D eigenvalue weighted by Gasteiger charge is -2.04. The molecular formula is C12H10N4. The molecule has 3 rings (SSSR count). The van der Waals surface area contributed by atoms with E-state index in [0.717, 1.165) is 27.9 Å². The number of nitrogens with one attached hydrogen (secondary N) is 1. The Balaban J connectivity index is 2.39. The minimum Gasteiger partial charge on any atom is -0.276 e. The van der Waals surface area contributed by atoms with Gasteiger partial charge in [-0.3, -0.25) is 5.10 Å². The van der Waals surface area contributed by atoms with Crippen LogP contribution in [-0.4, -0.2) is 20.4 Å². The Labute approximate surface area is 92.3 Å². The lowest BCUT2D eigenvalue weighted by atomic mass is 10.1. The molecule has 0 bridgehead atoms. The molecule has 16 heavy (non-hydrogen) atoms. The van der Waals surface area contributed by atoms with Crippen LogP contribution in [0.15, 0.2) is 36.5 Å². The van der Waals surface area contributed by atoms with Crippen molar-refractivity contribution in [2.45, 2.75) is 6.92 Å². The summed E-state index contributed by atoms with van der Waals surface area (Å²) in [6.07, 6.45) is 1.71. The predicted molar refractivity (Wildman–Crippen MR) is 61.9 cm³/mol. The van der Waals surface area contributed by atoms with Gasteiger partial charge >= 0.3 is 0 Å². The average molecular weight is 210 g/mol. The van der Waals surface area contributed by atoms with Crippen LogP contribution in [0.4, 0.5) is 0 Å². The van der Waals surface area contributed by atoms with Crippen molar-refractivity contribution >= 4 is 10.8 Å². The number of nitrogens with zero attached hydrogens (tertiary/aromatic N) is 3. The molecule has 0 atom stereocenters. The van der Waals surface area contributed by atoms with Crippen molar-refractivity contribution in [3.05, 3.63) is 42.2 Å². The summed E-state index contributed by atoms with van der Waals surface area (Å²) in [6.45, 7) is 1.96. The topological polar surface area (TPSA) is 54.5 Å². The van der Waals surface area contributed by atoms with Crippen LogP contribution < -0.4 is 0 Å². The summed E-state index contributed by atoms with van der Waals surface area (Å²) in [5, 5.41) is 17.5. The van der Waals surface area contributed by atoms with Crippen LogP contribution in [0.3, 0.4) is 0 Å². The highest BCUT2D eigenvalue weighted by molar-refractivity contribution is 5.94. The number of benzene rings is 1. The van der Waals surface area contributed by atoms with Crippen molar-refractivity contribution in [1.82, 2.24) is 20.4 Å². The quantitative estimate of drug-likeness (QED) is 0.670. The number of aromatic amines is 1. The molecule has 0 aliphatic carbocycles. The van der Waals surface area contributed by atoms with Gasteiger partial charge in [0.15, 0.2) is 0 Å². The van der Waals surface area contributed by atoms with Gasteiger partial charge in [-0.15, -0.1) is 5.10 Å². The van der Waals surface area contributed by atoms with Crippen molar-refractivity contribution in [2.24, 2.45) is 0 Å². The van der Waals surface area contributed by atoms with Gasteiger partial charge in [-0.1, -0.05) is 24.3 Å². The molecule has 78 valence electrons. The predicted octanol–water partition coefficient (Wildman–Crippen LogP) is 2.33. The number of aromatic nitrogens is 4. The maximum Gasteiger partial charge on any atom is 0.119 e. The third kappa shape index (κ3) is 1.27.